The maximum Gasteiger partial charge on any atom is 0.494 e. The summed E-state index contributed by atoms with van der Waals surface area (Å²) < 4.78 is 12.2. The maximum atomic E-state index is 6.12. The molecule has 1 aromatic rings. The standard InChI is InChI=1S/C16H26BNO2/c1-8-18(7)14-11-13(10-9-12(14)2)17-19-15(3,4)16(5,6)20-17/h9-11H,8H2,1-7H3. The van der Waals surface area contributed by atoms with Crippen LogP contribution in [0.25, 0.3) is 0 Å². The summed E-state index contributed by atoms with van der Waals surface area (Å²) in [4.78, 5) is 2.24. The van der Waals surface area contributed by atoms with E-state index in [0.717, 1.165) is 12.0 Å². The Morgan fingerprint density at radius 2 is 1.65 bits per heavy atom. The molecule has 20 heavy (non-hydrogen) atoms. The van der Waals surface area contributed by atoms with E-state index < -0.39 is 0 Å². The quantitative estimate of drug-likeness (QED) is 0.792. The molecule has 3 nitrogen and oxygen atoms in total. The Hall–Kier alpha value is -0.995. The van der Waals surface area contributed by atoms with Crippen LogP contribution in [0.4, 0.5) is 5.69 Å². The largest absolute Gasteiger partial charge is 0.494 e. The molecule has 1 aromatic carbocycles. The van der Waals surface area contributed by atoms with Gasteiger partial charge in [-0.3, -0.25) is 0 Å². The highest BCUT2D eigenvalue weighted by Gasteiger charge is 2.51. The van der Waals surface area contributed by atoms with E-state index in [1.54, 1.807) is 0 Å². The van der Waals surface area contributed by atoms with Crippen LogP contribution in [0.2, 0.25) is 0 Å². The Balaban J connectivity index is 2.32. The summed E-state index contributed by atoms with van der Waals surface area (Å²) in [6.45, 7) is 13.6. The van der Waals surface area contributed by atoms with E-state index in [0.29, 0.717) is 0 Å². The van der Waals surface area contributed by atoms with E-state index in [9.17, 15) is 0 Å². The number of aryl methyl sites for hydroxylation is 1. The monoisotopic (exact) mass is 275 g/mol. The lowest BCUT2D eigenvalue weighted by atomic mass is 9.78. The van der Waals surface area contributed by atoms with Crippen molar-refractivity contribution in [1.82, 2.24) is 0 Å². The Morgan fingerprint density at radius 3 is 2.15 bits per heavy atom. The highest BCUT2D eigenvalue weighted by molar-refractivity contribution is 6.62. The van der Waals surface area contributed by atoms with Crippen LogP contribution in [0.15, 0.2) is 18.2 Å². The SMILES string of the molecule is CCN(C)c1cc(B2OC(C)(C)C(C)(C)O2)ccc1C. The number of nitrogens with zero attached hydrogens (tertiary/aromatic N) is 1. The van der Waals surface area contributed by atoms with Crippen molar-refractivity contribution in [1.29, 1.82) is 0 Å². The predicted octanol–water partition coefficient (Wildman–Crippen LogP) is 2.75. The van der Waals surface area contributed by atoms with Gasteiger partial charge >= 0.3 is 7.12 Å². The summed E-state index contributed by atoms with van der Waals surface area (Å²) in [6, 6.07) is 6.42. The second-order valence-corrected chi connectivity index (χ2v) is 6.65. The van der Waals surface area contributed by atoms with E-state index >= 15 is 0 Å². The number of rotatable bonds is 3. The molecule has 0 N–H and O–H groups in total. The van der Waals surface area contributed by atoms with Crippen molar-refractivity contribution < 1.29 is 9.31 Å². The van der Waals surface area contributed by atoms with Crippen molar-refractivity contribution in [2.45, 2.75) is 52.7 Å². The highest BCUT2D eigenvalue weighted by Crippen LogP contribution is 2.36. The molecule has 1 fully saturated rings. The molecule has 1 saturated heterocycles. The molecule has 4 heteroatoms. The first-order chi connectivity index (χ1) is 9.18. The fraction of sp³-hybridized carbons (Fsp3) is 0.625. The number of benzene rings is 1. The van der Waals surface area contributed by atoms with Gasteiger partial charge in [-0.25, -0.2) is 0 Å². The molecule has 0 aliphatic carbocycles. The Kier molecular flexibility index (Phi) is 3.91. The second-order valence-electron chi connectivity index (χ2n) is 6.65. The molecule has 0 aromatic heterocycles. The maximum absolute atomic E-state index is 6.12. The average Bonchev–Trinajstić information content (AvgIpc) is 2.58. The molecule has 0 saturated carbocycles. The first kappa shape index (κ1) is 15.4. The third-order valence-corrected chi connectivity index (χ3v) is 4.64. The summed E-state index contributed by atoms with van der Waals surface area (Å²) in [5.41, 5.74) is 3.01. The zero-order chi connectivity index (χ0) is 15.1. The van der Waals surface area contributed by atoms with Gasteiger partial charge < -0.3 is 14.2 Å². The van der Waals surface area contributed by atoms with Gasteiger partial charge in [0.15, 0.2) is 0 Å². The summed E-state index contributed by atoms with van der Waals surface area (Å²) in [5, 5.41) is 0. The molecule has 1 heterocycles. The lowest BCUT2D eigenvalue weighted by Gasteiger charge is -2.32. The van der Waals surface area contributed by atoms with Gasteiger partial charge in [-0.2, -0.15) is 0 Å². The fourth-order valence-electron chi connectivity index (χ4n) is 2.33. The van der Waals surface area contributed by atoms with E-state index in [-0.39, 0.29) is 18.3 Å². The molecule has 110 valence electrons. The number of anilines is 1. The van der Waals surface area contributed by atoms with E-state index in [4.69, 9.17) is 9.31 Å². The zero-order valence-electron chi connectivity index (χ0n) is 13.8. The minimum Gasteiger partial charge on any atom is -0.399 e. The molecule has 0 atom stereocenters. The van der Waals surface area contributed by atoms with Crippen LogP contribution in [0.1, 0.15) is 40.2 Å². The predicted molar refractivity (Wildman–Crippen MR) is 85.8 cm³/mol. The molecule has 0 amide bonds. The van der Waals surface area contributed by atoms with Gasteiger partial charge in [-0.1, -0.05) is 12.1 Å². The molecule has 0 unspecified atom stereocenters. The van der Waals surface area contributed by atoms with Gasteiger partial charge in [-0.05, 0) is 58.6 Å². The Morgan fingerprint density at radius 1 is 1.10 bits per heavy atom. The van der Waals surface area contributed by atoms with Gasteiger partial charge in [-0.15, -0.1) is 0 Å². The van der Waals surface area contributed by atoms with Gasteiger partial charge in [0.05, 0.1) is 11.2 Å². The topological polar surface area (TPSA) is 21.7 Å². The summed E-state index contributed by atoms with van der Waals surface area (Å²) in [7, 11) is 1.82. The van der Waals surface area contributed by atoms with Crippen molar-refractivity contribution in [2.75, 3.05) is 18.5 Å². The van der Waals surface area contributed by atoms with E-state index in [1.807, 2.05) is 0 Å². The lowest BCUT2D eigenvalue weighted by molar-refractivity contribution is 0.00578. The van der Waals surface area contributed by atoms with Gasteiger partial charge in [0, 0.05) is 19.3 Å². The molecule has 0 spiro atoms. The molecular formula is C16H26BNO2. The van der Waals surface area contributed by atoms with E-state index in [2.05, 4.69) is 71.7 Å². The van der Waals surface area contributed by atoms with Crippen LogP contribution in [-0.2, 0) is 9.31 Å². The molecule has 2 rings (SSSR count). The van der Waals surface area contributed by atoms with Crippen molar-refractivity contribution in [2.24, 2.45) is 0 Å². The lowest BCUT2D eigenvalue weighted by Crippen LogP contribution is -2.41. The first-order valence-electron chi connectivity index (χ1n) is 7.35. The summed E-state index contributed by atoms with van der Waals surface area (Å²) in [6.07, 6.45) is 0. The summed E-state index contributed by atoms with van der Waals surface area (Å²) in [5.74, 6) is 0. The van der Waals surface area contributed by atoms with Crippen LogP contribution in [0, 0.1) is 6.92 Å². The average molecular weight is 275 g/mol. The van der Waals surface area contributed by atoms with Gasteiger partial charge in [0.1, 0.15) is 0 Å². The van der Waals surface area contributed by atoms with Crippen LogP contribution < -0.4 is 10.4 Å². The van der Waals surface area contributed by atoms with Gasteiger partial charge in [0.25, 0.3) is 0 Å². The highest BCUT2D eigenvalue weighted by atomic mass is 16.7. The van der Waals surface area contributed by atoms with Crippen molar-refractivity contribution >= 4 is 18.3 Å². The third-order valence-electron chi connectivity index (χ3n) is 4.64. The van der Waals surface area contributed by atoms with Crippen LogP contribution in [0.5, 0.6) is 0 Å². The second kappa shape index (κ2) is 5.08. The Bertz CT molecular complexity index is 483. The summed E-state index contributed by atoms with van der Waals surface area (Å²) >= 11 is 0. The number of hydrogen-bond donors (Lipinski definition) is 0. The van der Waals surface area contributed by atoms with Crippen LogP contribution >= 0.6 is 0 Å². The first-order valence-corrected chi connectivity index (χ1v) is 7.35. The minimum atomic E-state index is -0.292. The number of hydrogen-bond acceptors (Lipinski definition) is 3. The molecule has 0 bridgehead atoms. The van der Waals surface area contributed by atoms with Crippen LogP contribution in [0.3, 0.4) is 0 Å². The van der Waals surface area contributed by atoms with Crippen molar-refractivity contribution in [3.8, 4) is 0 Å². The third kappa shape index (κ3) is 2.59. The Labute approximate surface area is 123 Å². The fourth-order valence-corrected chi connectivity index (χ4v) is 2.33. The zero-order valence-corrected chi connectivity index (χ0v) is 13.8. The van der Waals surface area contributed by atoms with Crippen molar-refractivity contribution in [3.63, 3.8) is 0 Å². The van der Waals surface area contributed by atoms with Crippen LogP contribution in [-0.4, -0.2) is 31.9 Å². The minimum absolute atomic E-state index is 0.287. The molecule has 0 radical (unpaired) electrons. The van der Waals surface area contributed by atoms with Crippen molar-refractivity contribution in [3.05, 3.63) is 23.8 Å². The smallest absolute Gasteiger partial charge is 0.399 e. The molecular weight excluding hydrogens is 249 g/mol. The van der Waals surface area contributed by atoms with Gasteiger partial charge in [0.2, 0.25) is 0 Å². The molecule has 1 aliphatic heterocycles. The normalized spacial score (nSPS) is 20.2. The molecule has 1 aliphatic rings. The van der Waals surface area contributed by atoms with E-state index in [1.165, 1.54) is 11.3 Å².